The van der Waals surface area contributed by atoms with Crippen molar-refractivity contribution in [3.63, 3.8) is 0 Å². The van der Waals surface area contributed by atoms with Crippen LogP contribution in [0.5, 0.6) is 0 Å². The lowest BCUT2D eigenvalue weighted by Crippen LogP contribution is -2.70. The minimum atomic E-state index is -2.34. The zero-order valence-electron chi connectivity index (χ0n) is 34.8. The number of carboxylic acids is 1. The lowest BCUT2D eigenvalue weighted by molar-refractivity contribution is -0.235. The van der Waals surface area contributed by atoms with Crippen LogP contribution >= 0.6 is 24.4 Å². The molecule has 7 rings (SSSR count). The number of rotatable bonds is 18. The molecule has 0 spiro atoms. The van der Waals surface area contributed by atoms with Gasteiger partial charge in [-0.3, -0.25) is 24.0 Å². The maximum atomic E-state index is 17.7. The molecule has 2 amide bonds. The predicted molar refractivity (Wildman–Crippen MR) is 227 cm³/mol. The Morgan fingerprint density at radius 3 is 2.46 bits per heavy atom. The molecular formula is C45H52F2N2O12S2. The minimum absolute atomic E-state index is 0.00715. The largest absolute Gasteiger partial charge is 0.481 e. The molecule has 18 heteroatoms. The molecular weight excluding hydrogens is 863 g/mol. The van der Waals surface area contributed by atoms with E-state index in [-0.39, 0.29) is 76.6 Å². The summed E-state index contributed by atoms with van der Waals surface area (Å²) in [5, 5.41) is 35.3. The van der Waals surface area contributed by atoms with Crippen LogP contribution in [0.3, 0.4) is 0 Å². The number of thiol groups is 1. The zero-order chi connectivity index (χ0) is 45.3. The number of fused-ring (bicyclic) bond motifs is 7. The first-order valence-corrected chi connectivity index (χ1v) is 22.2. The number of ketones is 2. The van der Waals surface area contributed by atoms with Crippen molar-refractivity contribution in [1.29, 1.82) is 0 Å². The highest BCUT2D eigenvalue weighted by Crippen LogP contribution is 2.72. The van der Waals surface area contributed by atoms with Gasteiger partial charge in [-0.1, -0.05) is 43.0 Å². The SMILES string of the molecule is C[C@]12C=CC(=O)C=C1[C@@H](F)C[C@H]1[C@@H]3C[C@H]4O[C@@H](c5ccc(Sc6cccc(NC(=O)CCOCCOCCNC(=O)C(S)CC(=O)O)c6)cc5)O[C@@]4(C(=O)CO)[C@@]3(C)C[C@H](O)[C@@]12F. The number of allylic oxidation sites excluding steroid dienone is 4. The number of carbonyl (C=O) groups is 5. The van der Waals surface area contributed by atoms with E-state index < -0.39 is 93.9 Å². The van der Waals surface area contributed by atoms with Gasteiger partial charge in [-0.25, -0.2) is 8.78 Å². The highest BCUT2D eigenvalue weighted by molar-refractivity contribution is 7.99. The van der Waals surface area contributed by atoms with E-state index in [1.165, 1.54) is 30.8 Å². The molecule has 1 unspecified atom stereocenters. The number of aliphatic hydroxyl groups excluding tert-OH is 2. The fourth-order valence-corrected chi connectivity index (χ4v) is 11.6. The van der Waals surface area contributed by atoms with Crippen LogP contribution in [0.4, 0.5) is 14.5 Å². The van der Waals surface area contributed by atoms with Crippen LogP contribution in [-0.4, -0.2) is 119 Å². The smallest absolute Gasteiger partial charge is 0.304 e. The van der Waals surface area contributed by atoms with Gasteiger partial charge in [0.1, 0.15) is 12.8 Å². The Morgan fingerprint density at radius 1 is 1.02 bits per heavy atom. The molecule has 2 aromatic rings. The van der Waals surface area contributed by atoms with Gasteiger partial charge in [-0.15, -0.1) is 0 Å². The number of benzene rings is 2. The molecule has 63 heavy (non-hydrogen) atoms. The molecule has 5 aliphatic rings. The summed E-state index contributed by atoms with van der Waals surface area (Å²) in [7, 11) is 0. The average Bonchev–Trinajstić information content (AvgIpc) is 3.74. The number of halogens is 2. The van der Waals surface area contributed by atoms with E-state index in [1.54, 1.807) is 25.1 Å². The monoisotopic (exact) mass is 914 g/mol. The van der Waals surface area contributed by atoms with Crippen LogP contribution in [0, 0.1) is 22.7 Å². The topological polar surface area (TPSA) is 207 Å². The molecule has 14 nitrogen and oxygen atoms in total. The number of carbonyl (C=O) groups excluding carboxylic acids is 4. The molecule has 2 aromatic carbocycles. The van der Waals surface area contributed by atoms with E-state index in [2.05, 4.69) is 23.3 Å². The first kappa shape index (κ1) is 47.0. The summed E-state index contributed by atoms with van der Waals surface area (Å²) in [6.45, 7) is 3.40. The van der Waals surface area contributed by atoms with Crippen molar-refractivity contribution in [2.75, 3.05) is 44.9 Å². The van der Waals surface area contributed by atoms with Crippen LogP contribution in [0.25, 0.3) is 0 Å². The Hall–Kier alpha value is -4.01. The van der Waals surface area contributed by atoms with Crippen molar-refractivity contribution in [2.24, 2.45) is 22.7 Å². The molecule has 0 radical (unpaired) electrons. The third-order valence-corrected chi connectivity index (χ3v) is 14.9. The molecule has 1 heterocycles. The lowest BCUT2D eigenvalue weighted by Gasteiger charge is -2.63. The van der Waals surface area contributed by atoms with Crippen molar-refractivity contribution in [3.05, 3.63) is 77.9 Å². The standard InChI is InChI=1S/C45H52F2N2O12S2/c1-42-12-10-27(51)19-32(42)33(46)20-31-30-21-37-45(36(53)24-50,43(30,2)23-35(52)44(31,42)47)61-41(60-37)25-6-8-28(9-7-25)63-29-5-3-4-26(18-29)49-38(54)11-14-58-16-17-59-15-13-48-40(57)34(62)22-39(55)56/h3-10,12,18-19,30-31,33-35,37,41,50,52,62H,11,13-17,20-24H2,1-2H3,(H,48,57)(H,49,54)(H,55,56)/t30-,31-,33-,34?,35-,37+,41+,42-,43-,44-,45+/m0/s1. The number of aliphatic hydroxyl groups is 2. The van der Waals surface area contributed by atoms with Crippen LogP contribution in [0.2, 0.25) is 0 Å². The Balaban J connectivity index is 0.915. The normalized spacial score (nSPS) is 33.3. The van der Waals surface area contributed by atoms with Gasteiger partial charge in [0, 0.05) is 44.3 Å². The second-order valence-electron chi connectivity index (χ2n) is 17.1. The molecule has 340 valence electrons. The van der Waals surface area contributed by atoms with Crippen molar-refractivity contribution < 1.29 is 67.0 Å². The number of alkyl halides is 2. The number of Topliss-reactive ketones (excluding diaryl/α,β-unsaturated/α-hetero) is 1. The molecule has 3 saturated carbocycles. The highest BCUT2D eigenvalue weighted by atomic mass is 32.2. The molecule has 0 bridgehead atoms. The van der Waals surface area contributed by atoms with Gasteiger partial charge in [0.15, 0.2) is 29.1 Å². The van der Waals surface area contributed by atoms with Gasteiger partial charge in [-0.2, -0.15) is 12.6 Å². The molecule has 4 fully saturated rings. The zero-order valence-corrected chi connectivity index (χ0v) is 36.5. The summed E-state index contributed by atoms with van der Waals surface area (Å²) in [4.78, 5) is 62.8. The van der Waals surface area contributed by atoms with E-state index in [0.717, 1.165) is 15.9 Å². The minimum Gasteiger partial charge on any atom is -0.481 e. The van der Waals surface area contributed by atoms with E-state index in [9.17, 15) is 34.2 Å². The van der Waals surface area contributed by atoms with Crippen molar-refractivity contribution in [1.82, 2.24) is 5.32 Å². The van der Waals surface area contributed by atoms with Gasteiger partial charge in [0.2, 0.25) is 11.8 Å². The van der Waals surface area contributed by atoms with Crippen LogP contribution in [0.15, 0.2) is 82.1 Å². The van der Waals surface area contributed by atoms with E-state index in [4.69, 9.17) is 24.1 Å². The molecule has 11 atom stereocenters. The number of anilines is 1. The Kier molecular flexibility index (Phi) is 14.0. The number of ether oxygens (including phenoxy) is 4. The highest BCUT2D eigenvalue weighted by Gasteiger charge is 2.80. The summed E-state index contributed by atoms with van der Waals surface area (Å²) < 4.78 is 57.6. The number of hydrogen-bond donors (Lipinski definition) is 6. The summed E-state index contributed by atoms with van der Waals surface area (Å²) in [6.07, 6.45) is -2.16. The van der Waals surface area contributed by atoms with Gasteiger partial charge in [0.25, 0.3) is 0 Å². The van der Waals surface area contributed by atoms with Gasteiger partial charge in [0.05, 0.1) is 56.7 Å². The fourth-order valence-electron chi connectivity index (χ4n) is 10.5. The fraction of sp³-hybridized carbons (Fsp3) is 0.533. The number of aliphatic carboxylic acids is 1. The van der Waals surface area contributed by atoms with Gasteiger partial charge >= 0.3 is 5.97 Å². The number of amides is 2. The number of nitrogens with one attached hydrogen (secondary N) is 2. The molecule has 1 saturated heterocycles. The molecule has 0 aromatic heterocycles. The van der Waals surface area contributed by atoms with E-state index in [1.807, 2.05) is 30.3 Å². The van der Waals surface area contributed by atoms with E-state index >= 15 is 8.78 Å². The first-order valence-electron chi connectivity index (χ1n) is 20.9. The Bertz CT molecular complexity index is 2160. The number of hydrogen-bond acceptors (Lipinski definition) is 13. The summed E-state index contributed by atoms with van der Waals surface area (Å²) in [6, 6.07) is 14.6. The third-order valence-electron chi connectivity index (χ3n) is 13.5. The lowest BCUT2D eigenvalue weighted by atomic mass is 9.44. The number of carboxylic acid groups (broad SMARTS) is 1. The summed E-state index contributed by atoms with van der Waals surface area (Å²) in [5.74, 6) is -4.65. The quantitative estimate of drug-likeness (QED) is 0.0885. The van der Waals surface area contributed by atoms with Crippen molar-refractivity contribution in [2.45, 2.75) is 96.9 Å². The second kappa shape index (κ2) is 18.8. The third kappa shape index (κ3) is 8.77. The van der Waals surface area contributed by atoms with Gasteiger partial charge in [-0.05, 0) is 80.2 Å². The Morgan fingerprint density at radius 2 is 1.75 bits per heavy atom. The van der Waals surface area contributed by atoms with Crippen LogP contribution < -0.4 is 10.6 Å². The van der Waals surface area contributed by atoms with Crippen LogP contribution in [0.1, 0.15) is 57.8 Å². The maximum Gasteiger partial charge on any atom is 0.304 e. The van der Waals surface area contributed by atoms with E-state index in [0.29, 0.717) is 11.3 Å². The second-order valence-corrected chi connectivity index (χ2v) is 18.9. The van der Waals surface area contributed by atoms with Gasteiger partial charge < -0.3 is 44.9 Å². The molecule has 5 N–H and O–H groups in total. The van der Waals surface area contributed by atoms with Crippen molar-refractivity contribution in [3.8, 4) is 0 Å². The summed E-state index contributed by atoms with van der Waals surface area (Å²) in [5.41, 5.74) is -5.71. The molecule has 1 aliphatic heterocycles. The van der Waals surface area contributed by atoms with Crippen LogP contribution in [-0.2, 0) is 42.9 Å². The maximum absolute atomic E-state index is 17.7. The van der Waals surface area contributed by atoms with Crippen molar-refractivity contribution >= 4 is 59.4 Å². The first-order chi connectivity index (χ1) is 30.0. The molecule has 4 aliphatic carbocycles. The summed E-state index contributed by atoms with van der Waals surface area (Å²) >= 11 is 5.40. The predicted octanol–water partition coefficient (Wildman–Crippen LogP) is 4.73. The Labute approximate surface area is 372 Å². The average molecular weight is 915 g/mol.